The van der Waals surface area contributed by atoms with E-state index in [0.29, 0.717) is 35.4 Å². The number of amidine groups is 1. The minimum atomic E-state index is -3.88. The van der Waals surface area contributed by atoms with Gasteiger partial charge in [0.15, 0.2) is 0 Å². The molecular formula is C21H24N4O4S. The van der Waals surface area contributed by atoms with Crippen LogP contribution in [-0.4, -0.2) is 32.6 Å². The molecule has 3 rings (SSSR count). The van der Waals surface area contributed by atoms with Gasteiger partial charge in [-0.25, -0.2) is 0 Å². The van der Waals surface area contributed by atoms with Crippen molar-refractivity contribution in [3.05, 3.63) is 48.0 Å². The van der Waals surface area contributed by atoms with Crippen LogP contribution < -0.4 is 15.5 Å². The molecule has 2 aromatic rings. The normalized spacial score (nSPS) is 14.7. The van der Waals surface area contributed by atoms with Gasteiger partial charge in [0, 0.05) is 30.4 Å². The molecule has 0 saturated heterocycles. The number of benzene rings is 2. The molecule has 0 unspecified atom stereocenters. The average molecular weight is 429 g/mol. The number of rotatable bonds is 5. The third kappa shape index (κ3) is 4.68. The summed E-state index contributed by atoms with van der Waals surface area (Å²) in [5, 5.41) is 5.38. The van der Waals surface area contributed by atoms with E-state index in [9.17, 15) is 18.0 Å². The van der Waals surface area contributed by atoms with Gasteiger partial charge in [-0.1, -0.05) is 13.8 Å². The van der Waals surface area contributed by atoms with Crippen molar-refractivity contribution in [1.29, 1.82) is 0 Å². The molecule has 0 saturated carbocycles. The monoisotopic (exact) mass is 428 g/mol. The molecule has 0 atom stereocenters. The Morgan fingerprint density at radius 2 is 1.63 bits per heavy atom. The van der Waals surface area contributed by atoms with Gasteiger partial charge in [-0.3, -0.25) is 9.59 Å². The number of hydrogen-bond acceptors (Lipinski definition) is 5. The Kier molecular flexibility index (Phi) is 5.93. The van der Waals surface area contributed by atoms with E-state index in [4.69, 9.17) is 0 Å². The highest BCUT2D eigenvalue weighted by Crippen LogP contribution is 2.33. The van der Waals surface area contributed by atoms with Crippen LogP contribution in [0.5, 0.6) is 0 Å². The zero-order chi connectivity index (χ0) is 22.1. The summed E-state index contributed by atoms with van der Waals surface area (Å²) in [5.41, 5.74) is 1.86. The fourth-order valence-corrected chi connectivity index (χ4v) is 4.43. The van der Waals surface area contributed by atoms with Crippen LogP contribution >= 0.6 is 0 Å². The van der Waals surface area contributed by atoms with E-state index in [1.54, 1.807) is 43.3 Å². The molecule has 2 N–H and O–H groups in total. The molecule has 9 heteroatoms. The van der Waals surface area contributed by atoms with Gasteiger partial charge in [-0.2, -0.15) is 8.42 Å². The summed E-state index contributed by atoms with van der Waals surface area (Å²) in [6.07, 6.45) is 0. The molecule has 0 radical (unpaired) electrons. The number of fused-ring (bicyclic) bond motifs is 1. The van der Waals surface area contributed by atoms with E-state index in [1.807, 2.05) is 18.7 Å². The summed E-state index contributed by atoms with van der Waals surface area (Å²) in [4.78, 5) is 25.6. The lowest BCUT2D eigenvalue weighted by molar-refractivity contribution is -0.114. The Hall–Kier alpha value is -3.20. The Morgan fingerprint density at radius 3 is 2.20 bits per heavy atom. The van der Waals surface area contributed by atoms with Crippen molar-refractivity contribution in [1.82, 2.24) is 0 Å². The van der Waals surface area contributed by atoms with Crippen LogP contribution in [0.1, 0.15) is 38.1 Å². The van der Waals surface area contributed by atoms with E-state index in [-0.39, 0.29) is 16.4 Å². The summed E-state index contributed by atoms with van der Waals surface area (Å²) in [6, 6.07) is 11.2. The Balaban J connectivity index is 1.87. The molecule has 2 aromatic carbocycles. The third-order valence-electron chi connectivity index (χ3n) is 4.44. The number of hydrogen-bond donors (Lipinski definition) is 2. The van der Waals surface area contributed by atoms with Crippen molar-refractivity contribution in [2.45, 2.75) is 32.6 Å². The van der Waals surface area contributed by atoms with Crippen LogP contribution in [0.15, 0.2) is 51.8 Å². The first kappa shape index (κ1) is 21.5. The predicted octanol–water partition coefficient (Wildman–Crippen LogP) is 3.48. The standard InChI is InChI=1S/C21H24N4O4S/c1-13(2)12-25-14(3)24-30(28,29)20-11-16(5-10-19(20)25)21(27)23-18-8-6-17(7-9-18)22-15(4)26/h5-11,13H,12H2,1-4H3,(H,22,26)(H,23,27). The highest BCUT2D eigenvalue weighted by Gasteiger charge is 2.30. The Morgan fingerprint density at radius 1 is 1.03 bits per heavy atom. The lowest BCUT2D eigenvalue weighted by Gasteiger charge is -2.30. The molecule has 0 aliphatic carbocycles. The molecule has 30 heavy (non-hydrogen) atoms. The van der Waals surface area contributed by atoms with Gasteiger partial charge in [0.25, 0.3) is 15.9 Å². The van der Waals surface area contributed by atoms with E-state index < -0.39 is 15.9 Å². The first-order valence-electron chi connectivity index (χ1n) is 9.49. The Bertz CT molecular complexity index is 1120. The number of carbonyl (C=O) groups excluding carboxylic acids is 2. The number of amides is 2. The zero-order valence-electron chi connectivity index (χ0n) is 17.3. The van der Waals surface area contributed by atoms with Crippen molar-refractivity contribution in [3.63, 3.8) is 0 Å². The van der Waals surface area contributed by atoms with Crippen LogP contribution in [0.25, 0.3) is 0 Å². The van der Waals surface area contributed by atoms with Gasteiger partial charge >= 0.3 is 0 Å². The molecule has 1 aliphatic heterocycles. The number of nitrogens with one attached hydrogen (secondary N) is 2. The summed E-state index contributed by atoms with van der Waals surface area (Å²) in [6.45, 7) is 7.76. The molecule has 0 bridgehead atoms. The van der Waals surface area contributed by atoms with Crippen LogP contribution in [0.3, 0.4) is 0 Å². The van der Waals surface area contributed by atoms with E-state index in [0.717, 1.165) is 0 Å². The highest BCUT2D eigenvalue weighted by molar-refractivity contribution is 7.90. The zero-order valence-corrected chi connectivity index (χ0v) is 18.1. The minimum absolute atomic E-state index is 0.0161. The summed E-state index contributed by atoms with van der Waals surface area (Å²) in [5.74, 6) is 0.0772. The molecule has 0 spiro atoms. The average Bonchev–Trinajstić information content (AvgIpc) is 2.65. The SMILES string of the molecule is CC(=O)Nc1ccc(NC(=O)c2ccc3c(c2)S(=O)(=O)N=C(C)N3CC(C)C)cc1. The highest BCUT2D eigenvalue weighted by atomic mass is 32.2. The van der Waals surface area contributed by atoms with Crippen LogP contribution in [0, 0.1) is 5.92 Å². The van der Waals surface area contributed by atoms with Crippen molar-refractivity contribution in [3.8, 4) is 0 Å². The maximum atomic E-state index is 12.7. The van der Waals surface area contributed by atoms with Gasteiger partial charge in [0.1, 0.15) is 10.7 Å². The number of anilines is 3. The van der Waals surface area contributed by atoms with Gasteiger partial charge in [0.05, 0.1) is 5.69 Å². The molecule has 0 aromatic heterocycles. The third-order valence-corrected chi connectivity index (χ3v) is 5.83. The van der Waals surface area contributed by atoms with Crippen molar-refractivity contribution >= 4 is 44.7 Å². The second kappa shape index (κ2) is 8.27. The molecule has 0 fully saturated rings. The lowest BCUT2D eigenvalue weighted by Crippen LogP contribution is -2.36. The maximum absolute atomic E-state index is 12.7. The second-order valence-corrected chi connectivity index (χ2v) is 9.09. The first-order chi connectivity index (χ1) is 14.1. The van der Waals surface area contributed by atoms with Crippen molar-refractivity contribution in [2.24, 2.45) is 10.3 Å². The molecule has 8 nitrogen and oxygen atoms in total. The maximum Gasteiger partial charge on any atom is 0.286 e. The van der Waals surface area contributed by atoms with E-state index >= 15 is 0 Å². The quantitative estimate of drug-likeness (QED) is 0.758. The van der Waals surface area contributed by atoms with Gasteiger partial charge in [0.2, 0.25) is 5.91 Å². The summed E-state index contributed by atoms with van der Waals surface area (Å²) >= 11 is 0. The molecule has 158 valence electrons. The molecule has 1 heterocycles. The topological polar surface area (TPSA) is 108 Å². The smallest absolute Gasteiger partial charge is 0.286 e. The van der Waals surface area contributed by atoms with Gasteiger partial charge in [-0.15, -0.1) is 4.40 Å². The fourth-order valence-electron chi connectivity index (χ4n) is 3.17. The molecular weight excluding hydrogens is 404 g/mol. The van der Waals surface area contributed by atoms with Gasteiger partial charge < -0.3 is 15.5 Å². The van der Waals surface area contributed by atoms with Gasteiger partial charge in [-0.05, 0) is 55.3 Å². The largest absolute Gasteiger partial charge is 0.328 e. The number of carbonyl (C=O) groups is 2. The first-order valence-corrected chi connectivity index (χ1v) is 10.9. The van der Waals surface area contributed by atoms with E-state index in [2.05, 4.69) is 15.0 Å². The number of nitrogens with zero attached hydrogens (tertiary/aromatic N) is 2. The second-order valence-electron chi connectivity index (χ2n) is 7.51. The lowest BCUT2D eigenvalue weighted by atomic mass is 10.1. The van der Waals surface area contributed by atoms with Crippen molar-refractivity contribution in [2.75, 3.05) is 22.1 Å². The van der Waals surface area contributed by atoms with Crippen LogP contribution in [0.2, 0.25) is 0 Å². The van der Waals surface area contributed by atoms with Crippen LogP contribution in [0.4, 0.5) is 17.1 Å². The molecule has 1 aliphatic rings. The van der Waals surface area contributed by atoms with E-state index in [1.165, 1.54) is 13.0 Å². The predicted molar refractivity (Wildman–Crippen MR) is 118 cm³/mol. The Labute approximate surface area is 176 Å². The molecule has 2 amide bonds. The summed E-state index contributed by atoms with van der Waals surface area (Å²) in [7, 11) is -3.88. The fraction of sp³-hybridized carbons (Fsp3) is 0.286. The number of sulfonamides is 1. The minimum Gasteiger partial charge on any atom is -0.328 e. The van der Waals surface area contributed by atoms with Crippen molar-refractivity contribution < 1.29 is 18.0 Å². The summed E-state index contributed by atoms with van der Waals surface area (Å²) < 4.78 is 29.0. The van der Waals surface area contributed by atoms with Crippen LogP contribution in [-0.2, 0) is 14.8 Å².